The van der Waals surface area contributed by atoms with E-state index in [2.05, 4.69) is 15.5 Å². The summed E-state index contributed by atoms with van der Waals surface area (Å²) in [4.78, 5) is 0. The maximum absolute atomic E-state index is 13.0. The zero-order valence-electron chi connectivity index (χ0n) is 13.9. The normalized spacial score (nSPS) is 13.2. The molecule has 0 bridgehead atoms. The molecule has 1 heterocycles. The van der Waals surface area contributed by atoms with Crippen molar-refractivity contribution in [1.82, 2.24) is 10.2 Å². The summed E-state index contributed by atoms with van der Waals surface area (Å²) in [6.45, 7) is 1.91. The standard InChI is InChI=1S/C20H20FN3O/c1-14(19(25)13-15-5-3-2-4-6-15)22-20-12-11-18(23-24-20)16-7-9-17(21)10-8-16/h2-12,14,19,25H,13H2,1H3,(H,22,24). The number of halogens is 1. The molecule has 25 heavy (non-hydrogen) atoms. The van der Waals surface area contributed by atoms with Crippen molar-refractivity contribution in [3.63, 3.8) is 0 Å². The number of nitrogens with one attached hydrogen (secondary N) is 1. The number of rotatable bonds is 6. The minimum atomic E-state index is -0.541. The second kappa shape index (κ2) is 7.85. The van der Waals surface area contributed by atoms with Gasteiger partial charge in [-0.25, -0.2) is 4.39 Å². The van der Waals surface area contributed by atoms with Crippen LogP contribution < -0.4 is 5.32 Å². The van der Waals surface area contributed by atoms with Gasteiger partial charge in [0.2, 0.25) is 0 Å². The lowest BCUT2D eigenvalue weighted by molar-refractivity contribution is 0.158. The minimum Gasteiger partial charge on any atom is -0.391 e. The third-order valence-electron chi connectivity index (χ3n) is 4.04. The molecular formula is C20H20FN3O. The van der Waals surface area contributed by atoms with Crippen LogP contribution in [0.2, 0.25) is 0 Å². The fourth-order valence-electron chi connectivity index (χ4n) is 2.55. The van der Waals surface area contributed by atoms with Crippen molar-refractivity contribution < 1.29 is 9.50 Å². The molecule has 0 aliphatic heterocycles. The molecule has 0 aliphatic carbocycles. The topological polar surface area (TPSA) is 58.0 Å². The molecule has 0 saturated heterocycles. The Kier molecular flexibility index (Phi) is 5.36. The summed E-state index contributed by atoms with van der Waals surface area (Å²) < 4.78 is 13.0. The van der Waals surface area contributed by atoms with Crippen molar-refractivity contribution in [3.8, 4) is 11.3 Å². The van der Waals surface area contributed by atoms with Crippen molar-refractivity contribution in [2.24, 2.45) is 0 Å². The summed E-state index contributed by atoms with van der Waals surface area (Å²) in [6.07, 6.45) is 0.0248. The molecule has 2 N–H and O–H groups in total. The van der Waals surface area contributed by atoms with Gasteiger partial charge in [-0.2, -0.15) is 0 Å². The predicted octanol–water partition coefficient (Wildman–Crippen LogP) is 3.69. The van der Waals surface area contributed by atoms with Crippen molar-refractivity contribution in [2.45, 2.75) is 25.5 Å². The van der Waals surface area contributed by atoms with Crippen LogP contribution in [0.3, 0.4) is 0 Å². The van der Waals surface area contributed by atoms with E-state index >= 15 is 0 Å². The molecule has 0 fully saturated rings. The van der Waals surface area contributed by atoms with E-state index in [9.17, 15) is 9.50 Å². The molecular weight excluding hydrogens is 317 g/mol. The second-order valence-electron chi connectivity index (χ2n) is 6.00. The van der Waals surface area contributed by atoms with Crippen molar-refractivity contribution in [3.05, 3.63) is 78.1 Å². The maximum atomic E-state index is 13.0. The highest BCUT2D eigenvalue weighted by molar-refractivity contribution is 5.59. The first-order chi connectivity index (χ1) is 12.1. The van der Waals surface area contributed by atoms with Gasteiger partial charge in [0.05, 0.1) is 17.8 Å². The highest BCUT2D eigenvalue weighted by Gasteiger charge is 2.15. The third kappa shape index (κ3) is 4.61. The Morgan fingerprint density at radius 1 is 0.960 bits per heavy atom. The quantitative estimate of drug-likeness (QED) is 0.720. The van der Waals surface area contributed by atoms with Crippen molar-refractivity contribution >= 4 is 5.82 Å². The molecule has 3 rings (SSSR count). The molecule has 128 valence electrons. The second-order valence-corrected chi connectivity index (χ2v) is 6.00. The summed E-state index contributed by atoms with van der Waals surface area (Å²) in [7, 11) is 0. The lowest BCUT2D eigenvalue weighted by Crippen LogP contribution is -2.32. The van der Waals surface area contributed by atoms with Crippen LogP contribution in [0.4, 0.5) is 10.2 Å². The first-order valence-corrected chi connectivity index (χ1v) is 8.20. The van der Waals surface area contributed by atoms with Gasteiger partial charge in [0.1, 0.15) is 11.6 Å². The van der Waals surface area contributed by atoms with Crippen LogP contribution in [-0.2, 0) is 6.42 Å². The smallest absolute Gasteiger partial charge is 0.148 e. The number of nitrogens with zero attached hydrogens (tertiary/aromatic N) is 2. The van der Waals surface area contributed by atoms with Crippen LogP contribution in [0.25, 0.3) is 11.3 Å². The van der Waals surface area contributed by atoms with Gasteiger partial charge in [-0.1, -0.05) is 30.3 Å². The zero-order valence-corrected chi connectivity index (χ0v) is 13.9. The number of aromatic nitrogens is 2. The molecule has 2 atom stereocenters. The molecule has 0 aliphatic rings. The molecule has 5 heteroatoms. The van der Waals surface area contributed by atoms with E-state index in [4.69, 9.17) is 0 Å². The minimum absolute atomic E-state index is 0.175. The molecule has 0 spiro atoms. The van der Waals surface area contributed by atoms with E-state index in [1.165, 1.54) is 12.1 Å². The summed E-state index contributed by atoms with van der Waals surface area (Å²) in [5.41, 5.74) is 2.56. The molecule has 1 aromatic heterocycles. The lowest BCUT2D eigenvalue weighted by atomic mass is 10.0. The molecule has 2 aromatic carbocycles. The highest BCUT2D eigenvalue weighted by Crippen LogP contribution is 2.18. The van der Waals surface area contributed by atoms with Gasteiger partial charge in [-0.05, 0) is 48.9 Å². The van der Waals surface area contributed by atoms with Gasteiger partial charge in [-0.15, -0.1) is 10.2 Å². The number of anilines is 1. The average molecular weight is 337 g/mol. The Morgan fingerprint density at radius 2 is 1.68 bits per heavy atom. The zero-order chi connectivity index (χ0) is 17.6. The van der Waals surface area contributed by atoms with Crippen LogP contribution in [0, 0.1) is 5.82 Å². The molecule has 2 unspecified atom stereocenters. The van der Waals surface area contributed by atoms with Crippen LogP contribution in [0.1, 0.15) is 12.5 Å². The van der Waals surface area contributed by atoms with Crippen molar-refractivity contribution in [1.29, 1.82) is 0 Å². The summed E-state index contributed by atoms with van der Waals surface area (Å²) in [5.74, 6) is 0.307. The Bertz CT molecular complexity index is 791. The van der Waals surface area contributed by atoms with E-state index in [0.29, 0.717) is 17.9 Å². The van der Waals surface area contributed by atoms with Crippen LogP contribution in [0.15, 0.2) is 66.7 Å². The first-order valence-electron chi connectivity index (χ1n) is 8.20. The molecule has 0 amide bonds. The Balaban J connectivity index is 1.61. The van der Waals surface area contributed by atoms with Gasteiger partial charge >= 0.3 is 0 Å². The fourth-order valence-corrected chi connectivity index (χ4v) is 2.55. The van der Waals surface area contributed by atoms with E-state index in [0.717, 1.165) is 11.1 Å². The SMILES string of the molecule is CC(Nc1ccc(-c2ccc(F)cc2)nn1)C(O)Cc1ccccc1. The van der Waals surface area contributed by atoms with Gasteiger partial charge in [0, 0.05) is 12.0 Å². The molecule has 0 saturated carbocycles. The molecule has 4 nitrogen and oxygen atoms in total. The number of hydrogen-bond donors (Lipinski definition) is 2. The number of hydrogen-bond acceptors (Lipinski definition) is 4. The van der Waals surface area contributed by atoms with Gasteiger partial charge in [0.15, 0.2) is 0 Å². The van der Waals surface area contributed by atoms with Crippen LogP contribution in [0.5, 0.6) is 0 Å². The van der Waals surface area contributed by atoms with Crippen molar-refractivity contribution in [2.75, 3.05) is 5.32 Å². The number of aliphatic hydroxyl groups is 1. The van der Waals surface area contributed by atoms with Crippen LogP contribution in [-0.4, -0.2) is 27.4 Å². The van der Waals surface area contributed by atoms with E-state index in [1.807, 2.05) is 43.3 Å². The summed E-state index contributed by atoms with van der Waals surface area (Å²) >= 11 is 0. The number of aliphatic hydroxyl groups excluding tert-OH is 1. The Hall–Kier alpha value is -2.79. The van der Waals surface area contributed by atoms with E-state index < -0.39 is 6.10 Å². The average Bonchev–Trinajstić information content (AvgIpc) is 2.64. The largest absolute Gasteiger partial charge is 0.391 e. The molecule has 0 radical (unpaired) electrons. The van der Waals surface area contributed by atoms with Gasteiger partial charge in [0.25, 0.3) is 0 Å². The highest BCUT2D eigenvalue weighted by atomic mass is 19.1. The monoisotopic (exact) mass is 337 g/mol. The first kappa shape index (κ1) is 17.0. The maximum Gasteiger partial charge on any atom is 0.148 e. The summed E-state index contributed by atoms with van der Waals surface area (Å²) in [5, 5.41) is 21.8. The molecule has 3 aromatic rings. The third-order valence-corrected chi connectivity index (χ3v) is 4.04. The van der Waals surface area contributed by atoms with Crippen LogP contribution >= 0.6 is 0 Å². The lowest BCUT2D eigenvalue weighted by Gasteiger charge is -2.20. The Labute approximate surface area is 146 Å². The predicted molar refractivity (Wildman–Crippen MR) is 96.7 cm³/mol. The number of benzene rings is 2. The fraction of sp³-hybridized carbons (Fsp3) is 0.200. The van der Waals surface area contributed by atoms with Gasteiger partial charge in [-0.3, -0.25) is 0 Å². The van der Waals surface area contributed by atoms with E-state index in [-0.39, 0.29) is 11.9 Å². The summed E-state index contributed by atoms with van der Waals surface area (Å²) in [6, 6.07) is 19.4. The Morgan fingerprint density at radius 3 is 2.32 bits per heavy atom. The van der Waals surface area contributed by atoms with Gasteiger partial charge < -0.3 is 10.4 Å². The van der Waals surface area contributed by atoms with E-state index in [1.54, 1.807) is 18.2 Å².